The molecule has 7 heteroatoms. The van der Waals surface area contributed by atoms with Gasteiger partial charge in [-0.25, -0.2) is 0 Å². The lowest BCUT2D eigenvalue weighted by Crippen LogP contribution is -2.43. The number of likely N-dealkylation sites (N-methyl/N-ethyl adjacent to an activating group) is 1. The Kier molecular flexibility index (Phi) is 4.26. The van der Waals surface area contributed by atoms with Crippen LogP contribution in [-0.4, -0.2) is 48.1 Å². The molecule has 1 aromatic heterocycles. The first-order valence-corrected chi connectivity index (χ1v) is 10.6. The Labute approximate surface area is 178 Å². The number of hydrogen-bond donors (Lipinski definition) is 0. The Hall–Kier alpha value is -2.64. The van der Waals surface area contributed by atoms with Gasteiger partial charge in [-0.05, 0) is 46.9 Å². The van der Waals surface area contributed by atoms with Crippen LogP contribution in [0.15, 0.2) is 42.5 Å². The number of benzene rings is 2. The monoisotopic (exact) mass is 424 g/mol. The van der Waals surface area contributed by atoms with Crippen LogP contribution in [0.1, 0.15) is 22.0 Å². The van der Waals surface area contributed by atoms with E-state index >= 15 is 0 Å². The zero-order valence-electron chi connectivity index (χ0n) is 16.3. The number of carbonyl (C=O) groups is 1. The summed E-state index contributed by atoms with van der Waals surface area (Å²) in [6, 6.07) is 13.8. The van der Waals surface area contributed by atoms with Crippen molar-refractivity contribution in [3.63, 3.8) is 0 Å². The van der Waals surface area contributed by atoms with Gasteiger partial charge in [0, 0.05) is 29.1 Å². The van der Waals surface area contributed by atoms with Gasteiger partial charge in [0.1, 0.15) is 17.5 Å². The molecule has 0 radical (unpaired) electrons. The van der Waals surface area contributed by atoms with Crippen LogP contribution in [0.3, 0.4) is 0 Å². The molecule has 0 unspecified atom stereocenters. The van der Waals surface area contributed by atoms with E-state index in [1.54, 1.807) is 37.5 Å². The third-order valence-electron chi connectivity index (χ3n) is 5.80. The summed E-state index contributed by atoms with van der Waals surface area (Å²) >= 11 is 7.47. The van der Waals surface area contributed by atoms with Crippen LogP contribution < -0.4 is 9.47 Å². The predicted molar refractivity (Wildman–Crippen MR) is 118 cm³/mol. The second kappa shape index (κ2) is 6.71. The molecule has 0 N–H and O–H groups in total. The lowest BCUT2D eigenvalue weighted by atomic mass is 9.89. The highest BCUT2D eigenvalue weighted by Gasteiger charge is 2.49. The second-order valence-electron chi connectivity index (χ2n) is 7.30. The van der Waals surface area contributed by atoms with E-state index in [9.17, 15) is 4.79 Å². The molecule has 2 aliphatic rings. The van der Waals surface area contributed by atoms with Crippen molar-refractivity contribution in [2.75, 3.05) is 21.3 Å². The number of rotatable bonds is 3. The molecule has 0 saturated carbocycles. The molecule has 5 nitrogen and oxygen atoms in total. The van der Waals surface area contributed by atoms with E-state index in [4.69, 9.17) is 21.7 Å². The van der Waals surface area contributed by atoms with E-state index in [1.165, 1.54) is 20.5 Å². The second-order valence-corrected chi connectivity index (χ2v) is 8.75. The number of thiocarbonyl (C=S) groups is 1. The zero-order valence-corrected chi connectivity index (χ0v) is 18.0. The van der Waals surface area contributed by atoms with Crippen LogP contribution >= 0.6 is 23.6 Å². The van der Waals surface area contributed by atoms with Crippen LogP contribution in [0, 0.1) is 0 Å². The summed E-state index contributed by atoms with van der Waals surface area (Å²) in [7, 11) is 5.05. The average molecular weight is 425 g/mol. The number of methoxy groups -OCH3 is 2. The Bertz CT molecular complexity index is 1130. The van der Waals surface area contributed by atoms with Crippen LogP contribution in [0.2, 0.25) is 0 Å². The molecule has 2 aliphatic heterocycles. The van der Waals surface area contributed by atoms with Gasteiger partial charge < -0.3 is 14.4 Å². The smallest absolute Gasteiger partial charge is 0.251 e. The molecule has 2 atom stereocenters. The number of thiophene rings is 1. The van der Waals surface area contributed by atoms with Gasteiger partial charge in [-0.1, -0.05) is 18.2 Å². The lowest BCUT2D eigenvalue weighted by molar-refractivity contribution is -0.127. The quantitative estimate of drug-likeness (QED) is 0.595. The van der Waals surface area contributed by atoms with Gasteiger partial charge in [0.25, 0.3) is 5.91 Å². The largest absolute Gasteiger partial charge is 0.497 e. The summed E-state index contributed by atoms with van der Waals surface area (Å²) in [4.78, 5) is 17.9. The molecular weight excluding hydrogens is 404 g/mol. The molecule has 3 aromatic rings. The summed E-state index contributed by atoms with van der Waals surface area (Å²) in [5.41, 5.74) is 2.24. The van der Waals surface area contributed by atoms with Crippen molar-refractivity contribution < 1.29 is 14.3 Å². The fourth-order valence-corrected chi connectivity index (χ4v) is 6.07. The minimum Gasteiger partial charge on any atom is -0.497 e. The van der Waals surface area contributed by atoms with E-state index in [0.29, 0.717) is 23.0 Å². The first-order valence-electron chi connectivity index (χ1n) is 9.36. The summed E-state index contributed by atoms with van der Waals surface area (Å²) in [6.45, 7) is 0. The van der Waals surface area contributed by atoms with Crippen LogP contribution in [-0.2, 0) is 11.2 Å². The van der Waals surface area contributed by atoms with E-state index in [0.717, 1.165) is 5.56 Å². The van der Waals surface area contributed by atoms with E-state index in [1.807, 2.05) is 18.2 Å². The van der Waals surface area contributed by atoms with E-state index in [2.05, 4.69) is 29.2 Å². The molecule has 0 spiro atoms. The molecular formula is C22H20N2O3S2. The third-order valence-corrected chi connectivity index (χ3v) is 7.55. The fourth-order valence-electron chi connectivity index (χ4n) is 4.39. The van der Waals surface area contributed by atoms with Crippen molar-refractivity contribution in [3.8, 4) is 11.5 Å². The van der Waals surface area contributed by atoms with Crippen molar-refractivity contribution in [3.05, 3.63) is 58.5 Å². The fraction of sp³-hybridized carbons (Fsp3) is 0.273. The molecule has 29 heavy (non-hydrogen) atoms. The normalized spacial score (nSPS) is 20.8. The van der Waals surface area contributed by atoms with Crippen molar-refractivity contribution in [2.24, 2.45) is 0 Å². The number of amides is 1. The predicted octanol–water partition coefficient (Wildman–Crippen LogP) is 3.99. The summed E-state index contributed by atoms with van der Waals surface area (Å²) in [5, 5.41) is 1.79. The van der Waals surface area contributed by atoms with Crippen molar-refractivity contribution >= 4 is 44.7 Å². The first kappa shape index (κ1) is 18.4. The van der Waals surface area contributed by atoms with Gasteiger partial charge in [0.2, 0.25) is 0 Å². The average Bonchev–Trinajstić information content (AvgIpc) is 3.23. The molecule has 0 bridgehead atoms. The lowest BCUT2D eigenvalue weighted by Gasteiger charge is -2.37. The number of hydrogen-bond acceptors (Lipinski definition) is 5. The molecule has 148 valence electrons. The number of nitrogens with zero attached hydrogens (tertiary/aromatic N) is 2. The Balaban J connectivity index is 1.78. The minimum atomic E-state index is -0.291. The molecule has 1 fully saturated rings. The minimum absolute atomic E-state index is 0.0517. The van der Waals surface area contributed by atoms with Gasteiger partial charge in [-0.15, -0.1) is 11.3 Å². The highest BCUT2D eigenvalue weighted by molar-refractivity contribution is 7.80. The Morgan fingerprint density at radius 1 is 1.10 bits per heavy atom. The third kappa shape index (κ3) is 2.64. The number of carbonyl (C=O) groups excluding carboxylic acids is 1. The van der Waals surface area contributed by atoms with Crippen molar-refractivity contribution in [1.82, 2.24) is 9.80 Å². The Morgan fingerprint density at radius 3 is 2.48 bits per heavy atom. The zero-order chi connectivity index (χ0) is 20.3. The van der Waals surface area contributed by atoms with Crippen LogP contribution in [0.5, 0.6) is 11.5 Å². The highest BCUT2D eigenvalue weighted by atomic mass is 32.1. The molecule has 1 saturated heterocycles. The molecule has 2 aromatic carbocycles. The van der Waals surface area contributed by atoms with Crippen LogP contribution in [0.4, 0.5) is 0 Å². The van der Waals surface area contributed by atoms with Gasteiger partial charge in [0.05, 0.1) is 20.3 Å². The van der Waals surface area contributed by atoms with Gasteiger partial charge >= 0.3 is 0 Å². The van der Waals surface area contributed by atoms with E-state index in [-0.39, 0.29) is 18.0 Å². The number of ether oxygens (including phenoxy) is 2. The molecule has 5 rings (SSSR count). The maximum atomic E-state index is 13.0. The molecule has 3 heterocycles. The van der Waals surface area contributed by atoms with Crippen molar-refractivity contribution in [2.45, 2.75) is 18.5 Å². The maximum Gasteiger partial charge on any atom is 0.251 e. The van der Waals surface area contributed by atoms with Gasteiger partial charge in [-0.3, -0.25) is 9.69 Å². The summed E-state index contributed by atoms with van der Waals surface area (Å²) < 4.78 is 12.2. The van der Waals surface area contributed by atoms with E-state index < -0.39 is 0 Å². The standard InChI is InChI=1S/C22H20N2O3S2/c1-23-21(25)17-11-16-15-6-4-5-7-18(15)29-20(16)19(24(17)22(23)28)12-8-13(26-2)10-14(9-12)27-3/h4-10,17,19H,11H2,1-3H3/t17-,19+/m0/s1. The molecule has 0 aliphatic carbocycles. The van der Waals surface area contributed by atoms with Gasteiger partial charge in [0.15, 0.2) is 5.11 Å². The maximum absolute atomic E-state index is 13.0. The SMILES string of the molecule is COc1cc(OC)cc([C@@H]2c3sc4ccccc4c3C[C@H]3C(=O)N(C)C(=S)N23)c1. The topological polar surface area (TPSA) is 42.0 Å². The van der Waals surface area contributed by atoms with Crippen molar-refractivity contribution in [1.29, 1.82) is 0 Å². The highest BCUT2D eigenvalue weighted by Crippen LogP contribution is 2.48. The Morgan fingerprint density at radius 2 is 1.79 bits per heavy atom. The van der Waals surface area contributed by atoms with Crippen LogP contribution in [0.25, 0.3) is 10.1 Å². The summed E-state index contributed by atoms with van der Waals surface area (Å²) in [6.07, 6.45) is 0.667. The summed E-state index contributed by atoms with van der Waals surface area (Å²) in [5.74, 6) is 1.48. The number of fused-ring (bicyclic) bond motifs is 4. The first-order chi connectivity index (χ1) is 14.0. The molecule has 1 amide bonds. The van der Waals surface area contributed by atoms with Gasteiger partial charge in [-0.2, -0.15) is 0 Å².